The maximum atomic E-state index is 13.0. The summed E-state index contributed by atoms with van der Waals surface area (Å²) in [4.78, 5) is 23.3. The molecule has 1 fully saturated rings. The van der Waals surface area contributed by atoms with E-state index < -0.39 is 23.4 Å². The molecule has 4 rings (SSSR count). The second-order valence-electron chi connectivity index (χ2n) is 10.00. The predicted octanol–water partition coefficient (Wildman–Crippen LogP) is 6.33. The molecule has 1 amide bonds. The van der Waals surface area contributed by atoms with Crippen molar-refractivity contribution in [3.8, 4) is 6.01 Å². The largest absolute Gasteiger partial charge is 0.459 e. The number of hydrogen-bond donors (Lipinski definition) is 1. The maximum Gasteiger partial charge on any atom is 0.416 e. The van der Waals surface area contributed by atoms with Gasteiger partial charge in [0.15, 0.2) is 5.82 Å². The van der Waals surface area contributed by atoms with Crippen molar-refractivity contribution in [3.63, 3.8) is 0 Å². The van der Waals surface area contributed by atoms with E-state index in [1.54, 1.807) is 19.9 Å². The summed E-state index contributed by atoms with van der Waals surface area (Å²) in [6, 6.07) is 13.9. The first-order chi connectivity index (χ1) is 19.5. The Balaban J connectivity index is 1.42. The predicted molar refractivity (Wildman–Crippen MR) is 146 cm³/mol. The van der Waals surface area contributed by atoms with E-state index in [-0.39, 0.29) is 18.3 Å². The molecule has 1 saturated heterocycles. The molecule has 0 aliphatic carbocycles. The summed E-state index contributed by atoms with van der Waals surface area (Å²) in [5.74, 6) is 0.883. The van der Waals surface area contributed by atoms with Gasteiger partial charge in [-0.25, -0.2) is 4.79 Å². The number of carbonyl (C=O) groups excluding carboxylic acids is 1. The minimum Gasteiger partial charge on any atom is -0.459 e. The summed E-state index contributed by atoms with van der Waals surface area (Å²) >= 11 is 0. The number of halogens is 3. The second kappa shape index (κ2) is 12.9. The molecule has 2 heterocycles. The van der Waals surface area contributed by atoms with Crippen molar-refractivity contribution in [3.05, 3.63) is 71.3 Å². The van der Waals surface area contributed by atoms with Gasteiger partial charge in [0.05, 0.1) is 25.3 Å². The van der Waals surface area contributed by atoms with Crippen molar-refractivity contribution >= 4 is 23.4 Å². The van der Waals surface area contributed by atoms with Gasteiger partial charge in [-0.1, -0.05) is 35.9 Å². The quantitative estimate of drug-likeness (QED) is 0.298. The van der Waals surface area contributed by atoms with Crippen molar-refractivity contribution in [2.45, 2.75) is 39.1 Å². The minimum atomic E-state index is -4.54. The fraction of sp³-hybridized carbons (Fsp3) is 0.393. The summed E-state index contributed by atoms with van der Waals surface area (Å²) in [7, 11) is 0. The number of benzene rings is 2. The summed E-state index contributed by atoms with van der Waals surface area (Å²) in [6.07, 6.45) is -5.48. The number of anilines is 2. The van der Waals surface area contributed by atoms with Crippen LogP contribution in [0.25, 0.3) is 0 Å². The molecule has 0 radical (unpaired) electrons. The number of rotatable bonds is 9. The zero-order valence-corrected chi connectivity index (χ0v) is 22.9. The molecular formula is C28H31F3N6O4. The third-order valence-electron chi connectivity index (χ3n) is 5.88. The van der Waals surface area contributed by atoms with Gasteiger partial charge in [0, 0.05) is 24.8 Å². The van der Waals surface area contributed by atoms with Gasteiger partial charge in [0.1, 0.15) is 18.0 Å². The number of azo groups is 1. The molecular weight excluding hydrogens is 541 g/mol. The highest BCUT2D eigenvalue weighted by Crippen LogP contribution is 2.31. The Labute approximate surface area is 235 Å². The minimum absolute atomic E-state index is 0.00783. The molecule has 3 aromatic rings. The molecule has 0 spiro atoms. The van der Waals surface area contributed by atoms with E-state index in [1.807, 2.05) is 36.1 Å². The van der Waals surface area contributed by atoms with Gasteiger partial charge in [-0.05, 0) is 44.5 Å². The third-order valence-corrected chi connectivity index (χ3v) is 5.88. The van der Waals surface area contributed by atoms with E-state index in [1.165, 1.54) is 12.1 Å². The lowest BCUT2D eigenvalue weighted by Gasteiger charge is -2.28. The Morgan fingerprint density at radius 2 is 1.83 bits per heavy atom. The molecule has 41 heavy (non-hydrogen) atoms. The fourth-order valence-corrected chi connectivity index (χ4v) is 3.91. The number of hydrogen-bond acceptors (Lipinski definition) is 9. The summed E-state index contributed by atoms with van der Waals surface area (Å²) < 4.78 is 55.6. The number of carbonyl (C=O) groups is 1. The van der Waals surface area contributed by atoms with Crippen LogP contribution in [0.5, 0.6) is 6.01 Å². The standard InChI is InChI=1S/C28H31F3N6O4/c1-19-6-4-7-20(14-19)17-32-36-23-16-24(37-10-12-39-13-11-37)35-25(34-23)40-18-27(2,3)41-26(38)33-22-9-5-8-21(15-22)28(29,30)31/h4-9,14-16H,10-13,17-18H2,1-3H3,(H,33,38). The molecule has 10 nitrogen and oxygen atoms in total. The normalized spacial score (nSPS) is 14.2. The summed E-state index contributed by atoms with van der Waals surface area (Å²) in [6.45, 7) is 7.76. The summed E-state index contributed by atoms with van der Waals surface area (Å²) in [5.41, 5.74) is 0.0100. The number of aryl methyl sites for hydroxylation is 1. The molecule has 1 N–H and O–H groups in total. The van der Waals surface area contributed by atoms with Gasteiger partial charge in [-0.15, -0.1) is 5.11 Å². The number of nitrogens with zero attached hydrogens (tertiary/aromatic N) is 5. The number of alkyl halides is 3. The highest BCUT2D eigenvalue weighted by atomic mass is 19.4. The van der Waals surface area contributed by atoms with E-state index in [4.69, 9.17) is 14.2 Å². The number of morpholine rings is 1. The van der Waals surface area contributed by atoms with Gasteiger partial charge in [0.25, 0.3) is 0 Å². The van der Waals surface area contributed by atoms with E-state index in [2.05, 4.69) is 25.5 Å². The van der Waals surface area contributed by atoms with Crippen LogP contribution in [-0.4, -0.2) is 54.6 Å². The van der Waals surface area contributed by atoms with Crippen LogP contribution >= 0.6 is 0 Å². The molecule has 0 bridgehead atoms. The first-order valence-electron chi connectivity index (χ1n) is 12.9. The van der Waals surface area contributed by atoms with Crippen molar-refractivity contribution in [1.29, 1.82) is 0 Å². The van der Waals surface area contributed by atoms with Crippen LogP contribution < -0.4 is 15.0 Å². The monoisotopic (exact) mass is 572 g/mol. The lowest BCUT2D eigenvalue weighted by Crippen LogP contribution is -2.37. The van der Waals surface area contributed by atoms with Crippen molar-refractivity contribution < 1.29 is 32.2 Å². The Morgan fingerprint density at radius 1 is 1.07 bits per heavy atom. The van der Waals surface area contributed by atoms with Gasteiger partial charge in [0.2, 0.25) is 0 Å². The number of ether oxygens (including phenoxy) is 3. The Hall–Kier alpha value is -4.26. The van der Waals surface area contributed by atoms with E-state index in [0.717, 1.165) is 23.3 Å². The first-order valence-corrected chi connectivity index (χ1v) is 12.9. The molecule has 218 valence electrons. The highest BCUT2D eigenvalue weighted by molar-refractivity contribution is 5.85. The van der Waals surface area contributed by atoms with Gasteiger partial charge >= 0.3 is 18.3 Å². The smallest absolute Gasteiger partial charge is 0.416 e. The fourth-order valence-electron chi connectivity index (χ4n) is 3.91. The maximum absolute atomic E-state index is 13.0. The second-order valence-corrected chi connectivity index (χ2v) is 10.00. The van der Waals surface area contributed by atoms with Crippen molar-refractivity contribution in [2.24, 2.45) is 10.2 Å². The number of amides is 1. The average molecular weight is 573 g/mol. The molecule has 0 unspecified atom stereocenters. The molecule has 0 saturated carbocycles. The molecule has 1 aromatic heterocycles. The Morgan fingerprint density at radius 3 is 2.56 bits per heavy atom. The van der Waals surface area contributed by atoms with Crippen LogP contribution in [0, 0.1) is 6.92 Å². The molecule has 2 aromatic carbocycles. The van der Waals surface area contributed by atoms with Gasteiger partial charge in [-0.2, -0.15) is 28.3 Å². The molecule has 1 aliphatic heterocycles. The van der Waals surface area contributed by atoms with Crippen molar-refractivity contribution in [1.82, 2.24) is 9.97 Å². The lowest BCUT2D eigenvalue weighted by molar-refractivity contribution is -0.137. The van der Waals surface area contributed by atoms with Crippen LogP contribution in [0.1, 0.15) is 30.5 Å². The van der Waals surface area contributed by atoms with Gasteiger partial charge in [-0.3, -0.25) is 5.32 Å². The Bertz CT molecular complexity index is 1380. The Kier molecular flexibility index (Phi) is 9.38. The lowest BCUT2D eigenvalue weighted by atomic mass is 10.1. The van der Waals surface area contributed by atoms with Gasteiger partial charge < -0.3 is 19.1 Å². The third kappa shape index (κ3) is 9.13. The topological polar surface area (TPSA) is 111 Å². The number of nitrogens with one attached hydrogen (secondary N) is 1. The molecule has 1 aliphatic rings. The van der Waals surface area contributed by atoms with Crippen LogP contribution in [0.15, 0.2) is 64.8 Å². The van der Waals surface area contributed by atoms with Crippen LogP contribution in [0.4, 0.5) is 35.3 Å². The zero-order chi connectivity index (χ0) is 29.5. The van der Waals surface area contributed by atoms with E-state index in [9.17, 15) is 18.0 Å². The molecule has 13 heteroatoms. The van der Waals surface area contributed by atoms with Crippen LogP contribution in [-0.2, 0) is 22.2 Å². The average Bonchev–Trinajstić information content (AvgIpc) is 2.92. The molecule has 0 atom stereocenters. The SMILES string of the molecule is Cc1cccc(CN=Nc2cc(N3CCOCC3)nc(OCC(C)(C)OC(=O)Nc3cccc(C(F)(F)F)c3)n2)c1. The van der Waals surface area contributed by atoms with Crippen molar-refractivity contribution in [2.75, 3.05) is 43.1 Å². The first kappa shape index (κ1) is 29.7. The summed E-state index contributed by atoms with van der Waals surface area (Å²) in [5, 5.41) is 10.9. The van der Waals surface area contributed by atoms with Crippen LogP contribution in [0.3, 0.4) is 0 Å². The number of aromatic nitrogens is 2. The van der Waals surface area contributed by atoms with Crippen LogP contribution in [0.2, 0.25) is 0 Å². The highest BCUT2D eigenvalue weighted by Gasteiger charge is 2.31. The zero-order valence-electron chi connectivity index (χ0n) is 22.9. The van der Waals surface area contributed by atoms with E-state index in [0.29, 0.717) is 44.5 Å². The van der Waals surface area contributed by atoms with E-state index >= 15 is 0 Å².